The summed E-state index contributed by atoms with van der Waals surface area (Å²) in [6.45, 7) is 5.96. The summed E-state index contributed by atoms with van der Waals surface area (Å²) in [4.78, 5) is -0.0325. The van der Waals surface area contributed by atoms with Gasteiger partial charge >= 0.3 is 0 Å². The summed E-state index contributed by atoms with van der Waals surface area (Å²) < 4.78 is 35.1. The highest BCUT2D eigenvalue weighted by Gasteiger charge is 2.26. The van der Waals surface area contributed by atoms with E-state index in [2.05, 4.69) is 5.32 Å². The maximum atomic E-state index is 14.9. The molecule has 134 valence electrons. The van der Waals surface area contributed by atoms with Crippen LogP contribution in [0, 0.1) is 34.3 Å². The number of nitrogens with one attached hydrogen (secondary N) is 1. The average molecular weight is 373 g/mol. The van der Waals surface area contributed by atoms with Gasteiger partial charge in [0, 0.05) is 17.0 Å². The Hall–Kier alpha value is -2.77. The van der Waals surface area contributed by atoms with E-state index in [0.717, 1.165) is 11.8 Å². The van der Waals surface area contributed by atoms with Crippen LogP contribution in [0.3, 0.4) is 0 Å². The lowest BCUT2D eigenvalue weighted by Gasteiger charge is -2.17. The smallest absolute Gasteiger partial charge is 0.167 e. The molecule has 0 fully saturated rings. The van der Waals surface area contributed by atoms with Gasteiger partial charge in [0.1, 0.15) is 29.0 Å². The zero-order chi connectivity index (χ0) is 19.3. The fraction of sp³-hybridized carbons (Fsp3) is 0.263. The van der Waals surface area contributed by atoms with E-state index < -0.39 is 22.8 Å². The van der Waals surface area contributed by atoms with Crippen molar-refractivity contribution in [3.05, 3.63) is 47.0 Å². The monoisotopic (exact) mass is 373 g/mol. The van der Waals surface area contributed by atoms with Crippen LogP contribution in [0.5, 0.6) is 5.75 Å². The van der Waals surface area contributed by atoms with Crippen molar-refractivity contribution in [2.24, 2.45) is 0 Å². The first-order valence-corrected chi connectivity index (χ1v) is 8.82. The van der Waals surface area contributed by atoms with Crippen LogP contribution in [-0.2, 0) is 0 Å². The molecule has 0 aromatic heterocycles. The molecular formula is C19H17F2N3OS. The van der Waals surface area contributed by atoms with Crippen molar-refractivity contribution in [2.45, 2.75) is 30.9 Å². The molecule has 0 atom stereocenters. The molecule has 0 heterocycles. The lowest BCUT2D eigenvalue weighted by Crippen LogP contribution is -2.06. The Morgan fingerprint density at radius 3 is 2.38 bits per heavy atom. The van der Waals surface area contributed by atoms with E-state index in [1.165, 1.54) is 0 Å². The zero-order valence-electron chi connectivity index (χ0n) is 14.6. The molecule has 4 nitrogen and oxygen atoms in total. The second-order valence-electron chi connectivity index (χ2n) is 5.56. The molecule has 0 saturated carbocycles. The molecule has 0 aliphatic rings. The third kappa shape index (κ3) is 4.07. The number of anilines is 2. The van der Waals surface area contributed by atoms with Gasteiger partial charge in [0.05, 0.1) is 17.2 Å². The predicted molar refractivity (Wildman–Crippen MR) is 97.7 cm³/mol. The lowest BCUT2D eigenvalue weighted by molar-refractivity contribution is 0.340. The highest BCUT2D eigenvalue weighted by atomic mass is 32.2. The van der Waals surface area contributed by atoms with Crippen LogP contribution in [-0.4, -0.2) is 11.9 Å². The van der Waals surface area contributed by atoms with Crippen molar-refractivity contribution in [2.75, 3.05) is 11.9 Å². The third-order valence-electron chi connectivity index (χ3n) is 3.33. The van der Waals surface area contributed by atoms with Crippen molar-refractivity contribution >= 4 is 23.1 Å². The number of ether oxygens (including phenoxy) is 1. The van der Waals surface area contributed by atoms with Crippen molar-refractivity contribution in [3.8, 4) is 17.9 Å². The number of thioether (sulfide) groups is 1. The molecule has 2 aromatic rings. The number of hydrogen-bond donors (Lipinski definition) is 1. The normalized spacial score (nSPS) is 10.3. The van der Waals surface area contributed by atoms with Gasteiger partial charge in [-0.05, 0) is 19.1 Å². The first-order valence-electron chi connectivity index (χ1n) is 7.94. The summed E-state index contributed by atoms with van der Waals surface area (Å²) in [5.41, 5.74) is -0.873. The molecule has 2 aromatic carbocycles. The fourth-order valence-electron chi connectivity index (χ4n) is 2.31. The van der Waals surface area contributed by atoms with Crippen molar-refractivity contribution < 1.29 is 13.5 Å². The molecule has 0 radical (unpaired) electrons. The van der Waals surface area contributed by atoms with Crippen LogP contribution in [0.4, 0.5) is 20.2 Å². The number of nitriles is 2. The number of hydrogen-bond acceptors (Lipinski definition) is 5. The Morgan fingerprint density at radius 2 is 1.81 bits per heavy atom. The highest BCUT2D eigenvalue weighted by Crippen LogP contribution is 2.40. The van der Waals surface area contributed by atoms with E-state index >= 15 is 0 Å². The van der Waals surface area contributed by atoms with Crippen LogP contribution in [0.2, 0.25) is 0 Å². The molecule has 0 unspecified atom stereocenters. The van der Waals surface area contributed by atoms with E-state index in [1.54, 1.807) is 36.4 Å². The summed E-state index contributed by atoms with van der Waals surface area (Å²) in [5.74, 6) is -1.27. The van der Waals surface area contributed by atoms with Crippen molar-refractivity contribution in [3.63, 3.8) is 0 Å². The van der Waals surface area contributed by atoms with Crippen LogP contribution in [0.25, 0.3) is 0 Å². The van der Waals surface area contributed by atoms with Gasteiger partial charge in [-0.2, -0.15) is 10.5 Å². The maximum Gasteiger partial charge on any atom is 0.167 e. The summed E-state index contributed by atoms with van der Waals surface area (Å²) >= 11 is 1.08. The van der Waals surface area contributed by atoms with Gasteiger partial charge in [-0.1, -0.05) is 19.9 Å². The molecule has 0 amide bonds. The van der Waals surface area contributed by atoms with Crippen molar-refractivity contribution in [1.82, 2.24) is 0 Å². The third-order valence-corrected chi connectivity index (χ3v) is 4.42. The Balaban J connectivity index is 2.63. The fourth-order valence-corrected chi connectivity index (χ4v) is 3.25. The average Bonchev–Trinajstić information content (AvgIpc) is 2.61. The van der Waals surface area contributed by atoms with Gasteiger partial charge in [0.15, 0.2) is 11.6 Å². The molecule has 2 rings (SSSR count). The quantitative estimate of drug-likeness (QED) is 0.691. The van der Waals surface area contributed by atoms with E-state index in [1.807, 2.05) is 20.8 Å². The predicted octanol–water partition coefficient (Wildman–Crippen LogP) is 5.35. The van der Waals surface area contributed by atoms with E-state index in [9.17, 15) is 8.78 Å². The van der Waals surface area contributed by atoms with E-state index in [-0.39, 0.29) is 15.8 Å². The van der Waals surface area contributed by atoms with Gasteiger partial charge in [-0.25, -0.2) is 8.78 Å². The number of halogens is 2. The topological polar surface area (TPSA) is 68.8 Å². The molecule has 1 N–H and O–H groups in total. The SMILES string of the molecule is CCOc1cccc(Nc2c(F)c(C#N)c(C#N)c(F)c2SC(C)C)c1. The summed E-state index contributed by atoms with van der Waals surface area (Å²) in [6.07, 6.45) is 0. The van der Waals surface area contributed by atoms with Gasteiger partial charge in [0.25, 0.3) is 0 Å². The minimum Gasteiger partial charge on any atom is -0.494 e. The van der Waals surface area contributed by atoms with Gasteiger partial charge in [-0.3, -0.25) is 0 Å². The summed E-state index contributed by atoms with van der Waals surface area (Å²) in [7, 11) is 0. The standard InChI is InChI=1S/C19H17F2N3OS/c1-4-25-13-7-5-6-12(8-13)24-18-16(20)14(9-22)15(10-23)17(21)19(18)26-11(2)3/h5-8,11,24H,4H2,1-3H3. The Morgan fingerprint density at radius 1 is 1.15 bits per heavy atom. The first-order chi connectivity index (χ1) is 12.4. The van der Waals surface area contributed by atoms with Gasteiger partial charge in [-0.15, -0.1) is 11.8 Å². The molecule has 0 bridgehead atoms. The minimum atomic E-state index is -0.949. The molecule has 26 heavy (non-hydrogen) atoms. The lowest BCUT2D eigenvalue weighted by atomic mass is 10.1. The van der Waals surface area contributed by atoms with Gasteiger partial charge in [0.2, 0.25) is 0 Å². The second kappa shape index (κ2) is 8.55. The van der Waals surface area contributed by atoms with Crippen molar-refractivity contribution in [1.29, 1.82) is 10.5 Å². The number of rotatable bonds is 6. The summed E-state index contributed by atoms with van der Waals surface area (Å²) in [6, 6.07) is 9.95. The van der Waals surface area contributed by atoms with Gasteiger partial charge < -0.3 is 10.1 Å². The minimum absolute atomic E-state index is 0.0325. The first kappa shape index (κ1) is 19.6. The second-order valence-corrected chi connectivity index (χ2v) is 7.14. The number of benzene rings is 2. The largest absolute Gasteiger partial charge is 0.494 e. The van der Waals surface area contributed by atoms with Crippen LogP contribution in [0.15, 0.2) is 29.2 Å². The highest BCUT2D eigenvalue weighted by molar-refractivity contribution is 8.00. The molecule has 0 saturated heterocycles. The zero-order valence-corrected chi connectivity index (χ0v) is 15.4. The Bertz CT molecular complexity index is 901. The van der Waals surface area contributed by atoms with E-state index in [4.69, 9.17) is 15.3 Å². The molecular weight excluding hydrogens is 356 g/mol. The van der Waals surface area contributed by atoms with Crippen LogP contribution >= 0.6 is 11.8 Å². The maximum absolute atomic E-state index is 14.9. The Labute approximate surface area is 155 Å². The molecule has 0 aliphatic heterocycles. The van der Waals surface area contributed by atoms with Crippen LogP contribution in [0.1, 0.15) is 31.9 Å². The molecule has 0 spiro atoms. The summed E-state index contributed by atoms with van der Waals surface area (Å²) in [5, 5.41) is 21.1. The Kier molecular flexibility index (Phi) is 6.43. The number of nitrogens with zero attached hydrogens (tertiary/aromatic N) is 2. The molecule has 7 heteroatoms. The van der Waals surface area contributed by atoms with Crippen LogP contribution < -0.4 is 10.1 Å². The van der Waals surface area contributed by atoms with E-state index in [0.29, 0.717) is 18.0 Å². The molecule has 0 aliphatic carbocycles.